The summed E-state index contributed by atoms with van der Waals surface area (Å²) >= 11 is 0. The number of hydrogen-bond donors (Lipinski definition) is 3. The van der Waals surface area contributed by atoms with Crippen molar-refractivity contribution in [3.05, 3.63) is 0 Å². The van der Waals surface area contributed by atoms with E-state index in [0.29, 0.717) is 0 Å². The summed E-state index contributed by atoms with van der Waals surface area (Å²) in [6.45, 7) is 3.49. The third-order valence-corrected chi connectivity index (χ3v) is 3.02. The molecule has 0 aromatic heterocycles. The SMILES string of the molecule is CC1(C)O[C@@H]2[C@@H](O)[C@H](N)[C@H](CO)[C@@H]2O1. The number of aliphatic hydroxyl groups excluding tert-OH is 2. The molecular formula is C9H17NO4. The van der Waals surface area contributed by atoms with Crippen LogP contribution in [0.5, 0.6) is 0 Å². The Morgan fingerprint density at radius 2 is 1.86 bits per heavy atom. The van der Waals surface area contributed by atoms with Crippen molar-refractivity contribution in [2.75, 3.05) is 6.61 Å². The Bertz CT molecular complexity index is 233. The molecule has 0 unspecified atom stereocenters. The van der Waals surface area contributed by atoms with Crippen molar-refractivity contribution in [2.24, 2.45) is 11.7 Å². The molecule has 2 aliphatic rings. The number of fused-ring (bicyclic) bond motifs is 1. The van der Waals surface area contributed by atoms with Gasteiger partial charge in [-0.2, -0.15) is 0 Å². The van der Waals surface area contributed by atoms with E-state index in [2.05, 4.69) is 0 Å². The average Bonchev–Trinajstić information content (AvgIpc) is 2.50. The number of aliphatic hydroxyl groups is 2. The van der Waals surface area contributed by atoms with Gasteiger partial charge in [-0.25, -0.2) is 0 Å². The Morgan fingerprint density at radius 1 is 1.29 bits per heavy atom. The van der Waals surface area contributed by atoms with Crippen LogP contribution >= 0.6 is 0 Å². The van der Waals surface area contributed by atoms with Crippen LogP contribution in [0, 0.1) is 5.92 Å². The lowest BCUT2D eigenvalue weighted by Gasteiger charge is -2.24. The van der Waals surface area contributed by atoms with Crippen LogP contribution in [0.3, 0.4) is 0 Å². The van der Waals surface area contributed by atoms with E-state index in [0.717, 1.165) is 0 Å². The lowest BCUT2D eigenvalue weighted by molar-refractivity contribution is -0.170. The Balaban J connectivity index is 2.19. The van der Waals surface area contributed by atoms with Crippen molar-refractivity contribution in [1.82, 2.24) is 0 Å². The Hall–Kier alpha value is -0.200. The van der Waals surface area contributed by atoms with E-state index >= 15 is 0 Å². The molecule has 1 saturated carbocycles. The monoisotopic (exact) mass is 203 g/mol. The Morgan fingerprint density at radius 3 is 2.43 bits per heavy atom. The van der Waals surface area contributed by atoms with Crippen molar-refractivity contribution < 1.29 is 19.7 Å². The fraction of sp³-hybridized carbons (Fsp3) is 1.00. The predicted molar refractivity (Wildman–Crippen MR) is 48.4 cm³/mol. The lowest BCUT2D eigenvalue weighted by atomic mass is 10.0. The maximum Gasteiger partial charge on any atom is 0.163 e. The van der Waals surface area contributed by atoms with Crippen molar-refractivity contribution in [3.8, 4) is 0 Å². The second kappa shape index (κ2) is 3.15. The molecule has 1 aliphatic carbocycles. The molecule has 0 aromatic rings. The Labute approximate surface area is 82.8 Å². The highest BCUT2D eigenvalue weighted by Gasteiger charge is 2.57. The third kappa shape index (κ3) is 1.36. The van der Waals surface area contributed by atoms with E-state index in [1.54, 1.807) is 13.8 Å². The minimum absolute atomic E-state index is 0.0845. The fourth-order valence-electron chi connectivity index (χ4n) is 2.33. The molecule has 4 N–H and O–H groups in total. The van der Waals surface area contributed by atoms with E-state index in [1.807, 2.05) is 0 Å². The second-order valence-electron chi connectivity index (χ2n) is 4.48. The van der Waals surface area contributed by atoms with Gasteiger partial charge in [-0.1, -0.05) is 0 Å². The molecule has 0 spiro atoms. The summed E-state index contributed by atoms with van der Waals surface area (Å²) in [5.74, 6) is -0.930. The van der Waals surface area contributed by atoms with Crippen molar-refractivity contribution >= 4 is 0 Å². The van der Waals surface area contributed by atoms with E-state index in [4.69, 9.17) is 20.3 Å². The van der Waals surface area contributed by atoms with Gasteiger partial charge in [-0.05, 0) is 13.8 Å². The van der Waals surface area contributed by atoms with E-state index in [9.17, 15) is 5.11 Å². The van der Waals surface area contributed by atoms with Gasteiger partial charge in [0.15, 0.2) is 5.79 Å². The van der Waals surface area contributed by atoms with Crippen LogP contribution in [0.25, 0.3) is 0 Å². The zero-order valence-corrected chi connectivity index (χ0v) is 8.38. The number of ether oxygens (including phenoxy) is 2. The Kier molecular flexibility index (Phi) is 2.32. The summed E-state index contributed by atoms with van der Waals surface area (Å²) in [6.07, 6.45) is -1.45. The average molecular weight is 203 g/mol. The normalized spacial score (nSPS) is 50.8. The third-order valence-electron chi connectivity index (χ3n) is 3.02. The lowest BCUT2D eigenvalue weighted by Crippen LogP contribution is -2.42. The van der Waals surface area contributed by atoms with Gasteiger partial charge in [-0.15, -0.1) is 0 Å². The van der Waals surface area contributed by atoms with Crippen LogP contribution in [0.15, 0.2) is 0 Å². The molecule has 1 saturated heterocycles. The molecule has 5 nitrogen and oxygen atoms in total. The summed E-state index contributed by atoms with van der Waals surface area (Å²) in [5, 5.41) is 18.9. The molecule has 14 heavy (non-hydrogen) atoms. The highest BCUT2D eigenvalue weighted by Crippen LogP contribution is 2.40. The molecule has 1 heterocycles. The molecule has 5 atom stereocenters. The van der Waals surface area contributed by atoms with Crippen LogP contribution in [0.4, 0.5) is 0 Å². The second-order valence-corrected chi connectivity index (χ2v) is 4.48. The summed E-state index contributed by atoms with van der Waals surface area (Å²) in [7, 11) is 0. The maximum atomic E-state index is 9.76. The zero-order chi connectivity index (χ0) is 10.5. The van der Waals surface area contributed by atoms with Crippen LogP contribution in [0.2, 0.25) is 0 Å². The van der Waals surface area contributed by atoms with Crippen LogP contribution in [-0.4, -0.2) is 47.0 Å². The van der Waals surface area contributed by atoms with E-state index in [1.165, 1.54) is 0 Å². The molecule has 0 amide bonds. The first-order valence-electron chi connectivity index (χ1n) is 4.86. The molecule has 82 valence electrons. The van der Waals surface area contributed by atoms with Crippen LogP contribution in [0.1, 0.15) is 13.8 Å². The largest absolute Gasteiger partial charge is 0.396 e. The molecule has 0 radical (unpaired) electrons. The van der Waals surface area contributed by atoms with Crippen molar-refractivity contribution in [3.63, 3.8) is 0 Å². The topological polar surface area (TPSA) is 84.9 Å². The molecule has 5 heteroatoms. The first-order chi connectivity index (χ1) is 6.46. The minimum atomic E-state index is -0.751. The standard InChI is InChI=1S/C9H17NO4/c1-9(2)13-7-4(3-11)5(10)6(12)8(7)14-9/h4-8,11-12H,3,10H2,1-2H3/t4-,5+,6-,7-,8+/m0/s1. The zero-order valence-electron chi connectivity index (χ0n) is 8.38. The summed E-state index contributed by atoms with van der Waals surface area (Å²) in [5.41, 5.74) is 5.74. The van der Waals surface area contributed by atoms with Crippen LogP contribution < -0.4 is 5.73 Å². The van der Waals surface area contributed by atoms with E-state index < -0.39 is 24.0 Å². The first-order valence-corrected chi connectivity index (χ1v) is 4.86. The van der Waals surface area contributed by atoms with Gasteiger partial charge in [0.05, 0.1) is 18.8 Å². The molecular weight excluding hydrogens is 186 g/mol. The van der Waals surface area contributed by atoms with Crippen LogP contribution in [-0.2, 0) is 9.47 Å². The maximum absolute atomic E-state index is 9.76. The molecule has 0 aromatic carbocycles. The predicted octanol–water partition coefficient (Wildman–Crippen LogP) is -1.18. The number of hydrogen-bond acceptors (Lipinski definition) is 5. The van der Waals surface area contributed by atoms with Gasteiger partial charge in [0.1, 0.15) is 6.10 Å². The van der Waals surface area contributed by atoms with Gasteiger partial charge in [-0.3, -0.25) is 0 Å². The molecule has 0 bridgehead atoms. The van der Waals surface area contributed by atoms with Gasteiger partial charge in [0, 0.05) is 12.0 Å². The van der Waals surface area contributed by atoms with Gasteiger partial charge in [0.25, 0.3) is 0 Å². The minimum Gasteiger partial charge on any atom is -0.396 e. The highest BCUT2D eigenvalue weighted by atomic mass is 16.8. The van der Waals surface area contributed by atoms with E-state index in [-0.39, 0.29) is 18.6 Å². The van der Waals surface area contributed by atoms with Gasteiger partial charge >= 0.3 is 0 Å². The van der Waals surface area contributed by atoms with Crippen molar-refractivity contribution in [1.29, 1.82) is 0 Å². The molecule has 1 aliphatic heterocycles. The first kappa shape index (κ1) is 10.3. The smallest absolute Gasteiger partial charge is 0.163 e. The quantitative estimate of drug-likeness (QED) is 0.499. The summed E-state index contributed by atoms with van der Waals surface area (Å²) in [6, 6.07) is -0.467. The molecule has 2 rings (SSSR count). The fourth-order valence-corrected chi connectivity index (χ4v) is 2.33. The highest BCUT2D eigenvalue weighted by molar-refractivity contribution is 5.05. The van der Waals surface area contributed by atoms with Gasteiger partial charge in [0.2, 0.25) is 0 Å². The summed E-state index contributed by atoms with van der Waals surface area (Å²) in [4.78, 5) is 0. The van der Waals surface area contributed by atoms with Crippen molar-refractivity contribution in [2.45, 2.75) is 44.0 Å². The van der Waals surface area contributed by atoms with Gasteiger partial charge < -0.3 is 25.4 Å². The number of nitrogens with two attached hydrogens (primary N) is 1. The summed E-state index contributed by atoms with van der Waals surface area (Å²) < 4.78 is 11.1. The number of rotatable bonds is 1. The molecule has 2 fully saturated rings.